The number of carboxylic acids is 1. The van der Waals surface area contributed by atoms with E-state index in [1.807, 2.05) is 0 Å². The molecule has 12 heteroatoms. The highest BCUT2D eigenvalue weighted by Crippen LogP contribution is 2.37. The van der Waals surface area contributed by atoms with Gasteiger partial charge in [0.2, 0.25) is 17.5 Å². The first kappa shape index (κ1) is 22.4. The summed E-state index contributed by atoms with van der Waals surface area (Å²) in [5.74, 6) is -3.72. The summed E-state index contributed by atoms with van der Waals surface area (Å²) in [4.78, 5) is 24.6. The fraction of sp³-hybridized carbons (Fsp3) is 0.238. The van der Waals surface area contributed by atoms with Gasteiger partial charge in [0, 0.05) is 17.7 Å². The molecule has 0 amide bonds. The smallest absolute Gasteiger partial charge is 0.335 e. The Hall–Kier alpha value is -3.84. The van der Waals surface area contributed by atoms with Gasteiger partial charge >= 0.3 is 5.97 Å². The number of aliphatic carboxylic acids is 1. The zero-order valence-electron chi connectivity index (χ0n) is 16.5. The number of phenolic OH excluding ortho intramolecular Hbond substituents is 3. The Balaban J connectivity index is 1.89. The molecule has 33 heavy (non-hydrogen) atoms. The summed E-state index contributed by atoms with van der Waals surface area (Å²) in [6.45, 7) is 0. The van der Waals surface area contributed by atoms with E-state index in [1.54, 1.807) is 0 Å². The first-order valence-corrected chi connectivity index (χ1v) is 9.49. The summed E-state index contributed by atoms with van der Waals surface area (Å²) in [6, 6.07) is 7.20. The van der Waals surface area contributed by atoms with Crippen molar-refractivity contribution in [3.05, 3.63) is 46.6 Å². The van der Waals surface area contributed by atoms with Crippen molar-refractivity contribution in [2.45, 2.75) is 30.7 Å². The molecular weight excluding hydrogens is 444 g/mol. The molecule has 0 unspecified atom stereocenters. The second kappa shape index (κ2) is 8.26. The number of phenols is 3. The number of benzene rings is 2. The number of ether oxygens (including phenoxy) is 2. The SMILES string of the molecule is O=C(O)[C@H]1O[C@@H](Oc2c(-c3ccc(O)cc3)oc3cc(O)cc(O)c3c2=O)[C@H](O)[C@@H](O)[C@@H]1O. The van der Waals surface area contributed by atoms with Crippen molar-refractivity contribution in [3.63, 3.8) is 0 Å². The van der Waals surface area contributed by atoms with E-state index in [0.29, 0.717) is 0 Å². The quantitative estimate of drug-likeness (QED) is 0.270. The zero-order valence-corrected chi connectivity index (χ0v) is 16.5. The number of fused-ring (bicyclic) bond motifs is 1. The molecule has 1 saturated heterocycles. The van der Waals surface area contributed by atoms with Gasteiger partial charge in [-0.3, -0.25) is 4.79 Å². The third-order valence-electron chi connectivity index (χ3n) is 5.09. The van der Waals surface area contributed by atoms with E-state index in [0.717, 1.165) is 12.1 Å². The van der Waals surface area contributed by atoms with Crippen molar-refractivity contribution >= 4 is 16.9 Å². The van der Waals surface area contributed by atoms with Crippen LogP contribution in [0.15, 0.2) is 45.6 Å². The molecule has 12 nitrogen and oxygen atoms in total. The second-order valence-corrected chi connectivity index (χ2v) is 7.33. The highest BCUT2D eigenvalue weighted by atomic mass is 16.7. The number of aromatic hydroxyl groups is 3. The molecule has 0 bridgehead atoms. The van der Waals surface area contributed by atoms with Crippen LogP contribution in [0.2, 0.25) is 0 Å². The predicted molar refractivity (Wildman–Crippen MR) is 108 cm³/mol. The number of hydrogen-bond donors (Lipinski definition) is 7. The zero-order chi connectivity index (χ0) is 24.0. The first-order valence-electron chi connectivity index (χ1n) is 9.49. The van der Waals surface area contributed by atoms with Gasteiger partial charge in [-0.15, -0.1) is 0 Å². The molecule has 4 rings (SSSR count). The molecule has 3 aromatic rings. The van der Waals surface area contributed by atoms with Crippen molar-refractivity contribution < 1.29 is 54.4 Å². The first-order chi connectivity index (χ1) is 15.6. The Kier molecular flexibility index (Phi) is 5.59. The predicted octanol–water partition coefficient (Wildman–Crippen LogP) is -0.152. The minimum absolute atomic E-state index is 0.105. The molecule has 2 heterocycles. The van der Waals surface area contributed by atoms with Crippen molar-refractivity contribution in [2.24, 2.45) is 0 Å². The molecule has 1 aliphatic rings. The average molecular weight is 462 g/mol. The van der Waals surface area contributed by atoms with Crippen molar-refractivity contribution in [1.29, 1.82) is 0 Å². The lowest BCUT2D eigenvalue weighted by Crippen LogP contribution is -2.61. The molecule has 2 aromatic carbocycles. The van der Waals surface area contributed by atoms with Crippen molar-refractivity contribution in [1.82, 2.24) is 0 Å². The molecule has 174 valence electrons. The number of aliphatic hydroxyl groups is 3. The van der Waals surface area contributed by atoms with Gasteiger partial charge in [-0.2, -0.15) is 0 Å². The fourth-order valence-electron chi connectivity index (χ4n) is 3.44. The summed E-state index contributed by atoms with van der Waals surface area (Å²) >= 11 is 0. The molecule has 1 fully saturated rings. The van der Waals surface area contributed by atoms with Crippen LogP contribution in [0.25, 0.3) is 22.3 Å². The van der Waals surface area contributed by atoms with Crippen LogP contribution in [0.4, 0.5) is 0 Å². The highest BCUT2D eigenvalue weighted by molar-refractivity contribution is 5.88. The van der Waals surface area contributed by atoms with Crippen LogP contribution in [0.3, 0.4) is 0 Å². The van der Waals surface area contributed by atoms with Gasteiger partial charge in [0.1, 0.15) is 46.5 Å². The number of hydrogen-bond acceptors (Lipinski definition) is 11. The molecule has 0 saturated carbocycles. The summed E-state index contributed by atoms with van der Waals surface area (Å²) < 4.78 is 16.2. The van der Waals surface area contributed by atoms with E-state index in [2.05, 4.69) is 0 Å². The van der Waals surface area contributed by atoms with Crippen LogP contribution in [0.5, 0.6) is 23.0 Å². The summed E-state index contributed by atoms with van der Waals surface area (Å²) in [5.41, 5.74) is -1.01. The monoisotopic (exact) mass is 462 g/mol. The van der Waals surface area contributed by atoms with Crippen LogP contribution < -0.4 is 10.2 Å². The Morgan fingerprint density at radius 2 is 1.58 bits per heavy atom. The van der Waals surface area contributed by atoms with E-state index in [9.17, 15) is 45.3 Å². The molecule has 5 atom stereocenters. The van der Waals surface area contributed by atoms with Crippen LogP contribution in [-0.2, 0) is 9.53 Å². The average Bonchev–Trinajstić information content (AvgIpc) is 2.75. The van der Waals surface area contributed by atoms with Gasteiger partial charge in [-0.1, -0.05) is 0 Å². The molecule has 7 N–H and O–H groups in total. The van der Waals surface area contributed by atoms with E-state index >= 15 is 0 Å². The Bertz CT molecular complexity index is 1260. The van der Waals surface area contributed by atoms with Crippen molar-refractivity contribution in [2.75, 3.05) is 0 Å². The minimum Gasteiger partial charge on any atom is -0.508 e. The molecular formula is C21H18O12. The van der Waals surface area contributed by atoms with E-state index in [4.69, 9.17) is 13.9 Å². The highest BCUT2D eigenvalue weighted by Gasteiger charge is 2.48. The lowest BCUT2D eigenvalue weighted by Gasteiger charge is -2.38. The van der Waals surface area contributed by atoms with E-state index in [1.165, 1.54) is 24.3 Å². The van der Waals surface area contributed by atoms with E-state index in [-0.39, 0.29) is 22.7 Å². The largest absolute Gasteiger partial charge is 0.508 e. The van der Waals surface area contributed by atoms with Crippen LogP contribution in [-0.4, -0.2) is 72.4 Å². The van der Waals surface area contributed by atoms with Gasteiger partial charge in [-0.25, -0.2) is 4.79 Å². The molecule has 0 spiro atoms. The van der Waals surface area contributed by atoms with Gasteiger partial charge in [0.25, 0.3) is 0 Å². The Labute approximate surface area is 183 Å². The third-order valence-corrected chi connectivity index (χ3v) is 5.09. The Morgan fingerprint density at radius 3 is 2.21 bits per heavy atom. The minimum atomic E-state index is -1.99. The Morgan fingerprint density at radius 1 is 0.909 bits per heavy atom. The van der Waals surface area contributed by atoms with Crippen molar-refractivity contribution in [3.8, 4) is 34.3 Å². The summed E-state index contributed by atoms with van der Waals surface area (Å²) in [7, 11) is 0. The van der Waals surface area contributed by atoms with Crippen LogP contribution in [0.1, 0.15) is 0 Å². The fourth-order valence-corrected chi connectivity index (χ4v) is 3.44. The third kappa shape index (κ3) is 3.91. The number of aliphatic hydroxyl groups excluding tert-OH is 3. The van der Waals surface area contributed by atoms with Crippen LogP contribution >= 0.6 is 0 Å². The second-order valence-electron chi connectivity index (χ2n) is 7.33. The maximum absolute atomic E-state index is 13.2. The number of carbonyl (C=O) groups is 1. The standard InChI is InChI=1S/C21H18O12/c22-8-3-1-7(2-4-8)17-18(13(25)12-10(24)5-9(23)6-11(12)31-17)32-21-16(28)14(26)15(27)19(33-21)20(29)30/h1-6,14-16,19,21-24,26-28H,(H,29,30)/t14-,15-,16+,19-,21+/m0/s1. The van der Waals surface area contributed by atoms with Gasteiger partial charge in [0.05, 0.1) is 0 Å². The van der Waals surface area contributed by atoms with Crippen LogP contribution in [0, 0.1) is 0 Å². The van der Waals surface area contributed by atoms with Gasteiger partial charge < -0.3 is 49.6 Å². The normalized spacial score (nSPS) is 25.1. The summed E-state index contributed by atoms with van der Waals surface area (Å²) in [6.07, 6.45) is -9.84. The van der Waals surface area contributed by atoms with E-state index < -0.39 is 64.7 Å². The molecule has 0 radical (unpaired) electrons. The lowest BCUT2D eigenvalue weighted by atomic mass is 9.99. The topological polar surface area (TPSA) is 207 Å². The maximum atomic E-state index is 13.2. The maximum Gasteiger partial charge on any atom is 0.335 e. The number of rotatable bonds is 4. The summed E-state index contributed by atoms with van der Waals surface area (Å²) in [5, 5.41) is 68.4. The van der Waals surface area contributed by atoms with Gasteiger partial charge in [-0.05, 0) is 24.3 Å². The number of carboxylic acid groups (broad SMARTS) is 1. The molecule has 1 aromatic heterocycles. The van der Waals surface area contributed by atoms with Gasteiger partial charge in [0.15, 0.2) is 11.9 Å². The molecule has 1 aliphatic heterocycles. The molecule has 0 aliphatic carbocycles. The lowest BCUT2D eigenvalue weighted by molar-refractivity contribution is -0.271.